The lowest BCUT2D eigenvalue weighted by atomic mass is 10.1. The average molecular weight is 384 g/mol. The zero-order valence-electron chi connectivity index (χ0n) is 15.8. The van der Waals surface area contributed by atoms with Crippen molar-refractivity contribution in [3.63, 3.8) is 0 Å². The summed E-state index contributed by atoms with van der Waals surface area (Å²) in [6.07, 6.45) is 5.39. The highest BCUT2D eigenvalue weighted by atomic mass is 32.1. The fourth-order valence-electron chi connectivity index (χ4n) is 3.34. The van der Waals surface area contributed by atoms with Gasteiger partial charge in [-0.1, -0.05) is 18.6 Å². The SMILES string of the molecule is CCOc1ccccc1NC(C)C(=O)Nc1sc2c(c1C#N)CCCCC2. The lowest BCUT2D eigenvalue weighted by molar-refractivity contribution is -0.116. The summed E-state index contributed by atoms with van der Waals surface area (Å²) in [4.78, 5) is 14.0. The summed E-state index contributed by atoms with van der Waals surface area (Å²) in [5.41, 5.74) is 2.56. The van der Waals surface area contributed by atoms with Crippen LogP contribution in [0.2, 0.25) is 0 Å². The van der Waals surface area contributed by atoms with Crippen LogP contribution in [0, 0.1) is 11.3 Å². The summed E-state index contributed by atoms with van der Waals surface area (Å²) in [6.45, 7) is 4.30. The summed E-state index contributed by atoms with van der Waals surface area (Å²) in [5.74, 6) is 0.564. The average Bonchev–Trinajstić information content (AvgIpc) is 2.83. The fourth-order valence-corrected chi connectivity index (χ4v) is 4.58. The molecule has 1 aromatic heterocycles. The van der Waals surface area contributed by atoms with Gasteiger partial charge in [-0.2, -0.15) is 5.26 Å². The van der Waals surface area contributed by atoms with Gasteiger partial charge in [-0.15, -0.1) is 11.3 Å². The van der Waals surface area contributed by atoms with Crippen LogP contribution in [0.4, 0.5) is 10.7 Å². The van der Waals surface area contributed by atoms with Crippen LogP contribution in [0.5, 0.6) is 5.75 Å². The lowest BCUT2D eigenvalue weighted by Gasteiger charge is -2.17. The number of para-hydroxylation sites is 2. The van der Waals surface area contributed by atoms with E-state index in [4.69, 9.17) is 4.74 Å². The molecule has 1 amide bonds. The summed E-state index contributed by atoms with van der Waals surface area (Å²) < 4.78 is 5.60. The predicted molar refractivity (Wildman–Crippen MR) is 110 cm³/mol. The number of nitriles is 1. The number of nitrogens with zero attached hydrogens (tertiary/aromatic N) is 1. The van der Waals surface area contributed by atoms with E-state index >= 15 is 0 Å². The highest BCUT2D eigenvalue weighted by Crippen LogP contribution is 2.37. The Bertz CT molecular complexity index is 854. The molecule has 0 saturated carbocycles. The Hall–Kier alpha value is -2.52. The Morgan fingerprint density at radius 3 is 2.85 bits per heavy atom. The molecule has 5 nitrogen and oxygen atoms in total. The first-order chi connectivity index (χ1) is 13.1. The topological polar surface area (TPSA) is 74.2 Å². The van der Waals surface area contributed by atoms with Gasteiger partial charge in [0.25, 0.3) is 0 Å². The Labute approximate surface area is 164 Å². The zero-order chi connectivity index (χ0) is 19.2. The molecule has 0 spiro atoms. The summed E-state index contributed by atoms with van der Waals surface area (Å²) in [5, 5.41) is 16.5. The van der Waals surface area contributed by atoms with Crippen LogP contribution in [0.3, 0.4) is 0 Å². The molecule has 1 heterocycles. The smallest absolute Gasteiger partial charge is 0.247 e. The van der Waals surface area contributed by atoms with Gasteiger partial charge in [0.05, 0.1) is 17.9 Å². The first kappa shape index (κ1) is 19.2. The molecule has 6 heteroatoms. The molecule has 3 rings (SSSR count). The first-order valence-corrected chi connectivity index (χ1v) is 10.3. The van der Waals surface area contributed by atoms with Crippen LogP contribution in [0.1, 0.15) is 49.1 Å². The van der Waals surface area contributed by atoms with Crippen LogP contribution >= 0.6 is 11.3 Å². The Morgan fingerprint density at radius 2 is 2.07 bits per heavy atom. The number of thiophene rings is 1. The number of fused-ring (bicyclic) bond motifs is 1. The van der Waals surface area contributed by atoms with E-state index in [1.54, 1.807) is 11.3 Å². The third kappa shape index (κ3) is 4.42. The van der Waals surface area contributed by atoms with Crippen molar-refractivity contribution in [2.75, 3.05) is 17.2 Å². The molecule has 1 atom stereocenters. The van der Waals surface area contributed by atoms with Gasteiger partial charge >= 0.3 is 0 Å². The van der Waals surface area contributed by atoms with Crippen molar-refractivity contribution in [1.82, 2.24) is 0 Å². The minimum Gasteiger partial charge on any atom is -0.492 e. The van der Waals surface area contributed by atoms with E-state index in [9.17, 15) is 10.1 Å². The second-order valence-electron chi connectivity index (χ2n) is 6.66. The molecule has 1 aliphatic carbocycles. The fraction of sp³-hybridized carbons (Fsp3) is 0.429. The number of hydrogen-bond donors (Lipinski definition) is 2. The molecule has 1 aliphatic rings. The van der Waals surface area contributed by atoms with Gasteiger partial charge < -0.3 is 15.4 Å². The predicted octanol–water partition coefficient (Wildman–Crippen LogP) is 4.73. The number of anilines is 2. The monoisotopic (exact) mass is 383 g/mol. The standard InChI is InChI=1S/C21H25N3O2S/c1-3-26-18-11-8-7-10-17(18)23-14(2)20(25)24-21-16(13-22)15-9-5-4-6-12-19(15)27-21/h7-8,10-11,14,23H,3-6,9,12H2,1-2H3,(H,24,25). The van der Waals surface area contributed by atoms with E-state index < -0.39 is 6.04 Å². The van der Waals surface area contributed by atoms with Crippen LogP contribution in [0.15, 0.2) is 24.3 Å². The number of hydrogen-bond acceptors (Lipinski definition) is 5. The maximum atomic E-state index is 12.7. The maximum Gasteiger partial charge on any atom is 0.247 e. The number of carbonyl (C=O) groups is 1. The number of carbonyl (C=O) groups excluding carboxylic acids is 1. The van der Waals surface area contributed by atoms with E-state index in [-0.39, 0.29) is 5.91 Å². The summed E-state index contributed by atoms with van der Waals surface area (Å²) in [6, 6.07) is 9.42. The number of nitrogens with one attached hydrogen (secondary N) is 2. The molecule has 2 N–H and O–H groups in total. The maximum absolute atomic E-state index is 12.7. The summed E-state index contributed by atoms with van der Waals surface area (Å²) >= 11 is 1.56. The normalized spacial score (nSPS) is 14.4. The number of ether oxygens (including phenoxy) is 1. The number of aryl methyl sites for hydroxylation is 1. The molecule has 1 aromatic carbocycles. The van der Waals surface area contributed by atoms with Gasteiger partial charge in [0.15, 0.2) is 0 Å². The molecular formula is C21H25N3O2S. The van der Waals surface area contributed by atoms with Gasteiger partial charge in [-0.05, 0) is 57.2 Å². The lowest BCUT2D eigenvalue weighted by Crippen LogP contribution is -2.32. The number of rotatable bonds is 6. The van der Waals surface area contributed by atoms with Crippen LogP contribution in [0.25, 0.3) is 0 Å². The Kier molecular flexibility index (Phi) is 6.36. The van der Waals surface area contributed by atoms with E-state index in [1.165, 1.54) is 11.3 Å². The summed E-state index contributed by atoms with van der Waals surface area (Å²) in [7, 11) is 0. The van der Waals surface area contributed by atoms with Gasteiger partial charge in [0.2, 0.25) is 5.91 Å². The molecule has 0 saturated heterocycles. The van der Waals surface area contributed by atoms with E-state index in [2.05, 4.69) is 16.7 Å². The third-order valence-electron chi connectivity index (χ3n) is 4.72. The molecule has 0 radical (unpaired) electrons. The Morgan fingerprint density at radius 1 is 1.30 bits per heavy atom. The third-order valence-corrected chi connectivity index (χ3v) is 5.93. The number of amides is 1. The van der Waals surface area contributed by atoms with Crippen LogP contribution in [-0.2, 0) is 17.6 Å². The van der Waals surface area contributed by atoms with Crippen LogP contribution in [-0.4, -0.2) is 18.6 Å². The van der Waals surface area contributed by atoms with Crippen LogP contribution < -0.4 is 15.4 Å². The van der Waals surface area contributed by atoms with Crippen molar-refractivity contribution < 1.29 is 9.53 Å². The van der Waals surface area contributed by atoms with Crippen molar-refractivity contribution in [2.24, 2.45) is 0 Å². The molecular weight excluding hydrogens is 358 g/mol. The molecule has 27 heavy (non-hydrogen) atoms. The molecule has 0 bridgehead atoms. The molecule has 2 aromatic rings. The van der Waals surface area contributed by atoms with E-state index in [0.29, 0.717) is 17.2 Å². The van der Waals surface area contributed by atoms with Crippen molar-refractivity contribution in [3.8, 4) is 11.8 Å². The minimum absolute atomic E-state index is 0.158. The molecule has 0 aliphatic heterocycles. The van der Waals surface area contributed by atoms with E-state index in [0.717, 1.165) is 42.7 Å². The van der Waals surface area contributed by atoms with Gasteiger partial charge in [-0.3, -0.25) is 4.79 Å². The first-order valence-electron chi connectivity index (χ1n) is 9.48. The highest BCUT2D eigenvalue weighted by Gasteiger charge is 2.23. The second kappa shape index (κ2) is 8.92. The van der Waals surface area contributed by atoms with E-state index in [1.807, 2.05) is 38.1 Å². The van der Waals surface area contributed by atoms with Crippen molar-refractivity contribution in [1.29, 1.82) is 5.26 Å². The van der Waals surface area contributed by atoms with Gasteiger partial charge in [0.1, 0.15) is 22.9 Å². The van der Waals surface area contributed by atoms with Crippen molar-refractivity contribution in [2.45, 2.75) is 52.0 Å². The van der Waals surface area contributed by atoms with Gasteiger partial charge in [0, 0.05) is 4.88 Å². The largest absolute Gasteiger partial charge is 0.492 e. The van der Waals surface area contributed by atoms with Gasteiger partial charge in [-0.25, -0.2) is 0 Å². The van der Waals surface area contributed by atoms with Crippen molar-refractivity contribution in [3.05, 3.63) is 40.3 Å². The van der Waals surface area contributed by atoms with Crippen molar-refractivity contribution >= 4 is 27.9 Å². The quantitative estimate of drug-likeness (QED) is 0.708. The zero-order valence-corrected chi connectivity index (χ0v) is 16.6. The highest BCUT2D eigenvalue weighted by molar-refractivity contribution is 7.16. The minimum atomic E-state index is -0.458. The Balaban J connectivity index is 1.73. The second-order valence-corrected chi connectivity index (χ2v) is 7.77. The molecule has 142 valence electrons. The number of benzene rings is 1. The molecule has 1 unspecified atom stereocenters. The molecule has 0 fully saturated rings.